The van der Waals surface area contributed by atoms with E-state index in [4.69, 9.17) is 4.74 Å². The average molecular weight is 347 g/mol. The molecular weight excluding hydrogens is 322 g/mol. The van der Waals surface area contributed by atoms with Crippen LogP contribution in [0.3, 0.4) is 0 Å². The van der Waals surface area contributed by atoms with Crippen molar-refractivity contribution in [2.45, 2.75) is 6.54 Å². The zero-order valence-electron chi connectivity index (χ0n) is 14.9. The molecule has 2 aromatic carbocycles. The molecule has 132 valence electrons. The summed E-state index contributed by atoms with van der Waals surface area (Å²) in [6, 6.07) is 24.7. The van der Waals surface area contributed by atoms with Gasteiger partial charge < -0.3 is 9.64 Å². The number of rotatable bonds is 5. The lowest BCUT2D eigenvalue weighted by atomic mass is 10.2. The number of nitrogens with zero attached hydrogens (tertiary/aromatic N) is 1. The van der Waals surface area contributed by atoms with Gasteiger partial charge in [-0.15, -0.1) is 0 Å². The normalized spacial score (nSPS) is 15.0. The molecule has 3 aromatic rings. The van der Waals surface area contributed by atoms with Crippen molar-refractivity contribution in [3.8, 4) is 11.5 Å². The predicted molar refractivity (Wildman–Crippen MR) is 103 cm³/mol. The van der Waals surface area contributed by atoms with Crippen LogP contribution in [0.4, 0.5) is 5.82 Å². The molecule has 4 heteroatoms. The number of aromatic amines is 1. The lowest BCUT2D eigenvalue weighted by Crippen LogP contribution is -3.13. The molecule has 26 heavy (non-hydrogen) atoms. The number of benzene rings is 2. The van der Waals surface area contributed by atoms with Crippen LogP contribution < -0.4 is 19.5 Å². The van der Waals surface area contributed by atoms with Crippen LogP contribution in [0.2, 0.25) is 0 Å². The number of H-pyrrole nitrogens is 1. The first kappa shape index (κ1) is 16.6. The van der Waals surface area contributed by atoms with Gasteiger partial charge in [-0.25, -0.2) is 4.98 Å². The third-order valence-corrected chi connectivity index (χ3v) is 4.84. The molecule has 4 nitrogen and oxygen atoms in total. The Morgan fingerprint density at radius 2 is 1.62 bits per heavy atom. The Morgan fingerprint density at radius 3 is 2.38 bits per heavy atom. The highest BCUT2D eigenvalue weighted by Crippen LogP contribution is 2.21. The number of aromatic nitrogens is 1. The fourth-order valence-corrected chi connectivity index (χ4v) is 3.45. The van der Waals surface area contributed by atoms with E-state index >= 15 is 0 Å². The van der Waals surface area contributed by atoms with Gasteiger partial charge in [-0.05, 0) is 30.3 Å². The quantitative estimate of drug-likeness (QED) is 0.767. The topological polar surface area (TPSA) is 31.1 Å². The molecule has 2 heterocycles. The Kier molecular flexibility index (Phi) is 5.12. The van der Waals surface area contributed by atoms with Crippen molar-refractivity contribution in [2.24, 2.45) is 0 Å². The molecular formula is C22H25N3O+2. The van der Waals surface area contributed by atoms with Crippen LogP contribution in [0.15, 0.2) is 79.0 Å². The van der Waals surface area contributed by atoms with E-state index in [0.29, 0.717) is 0 Å². The number of nitrogens with one attached hydrogen (secondary N) is 2. The maximum absolute atomic E-state index is 5.96. The Hall–Kier alpha value is -2.85. The standard InChI is InChI=1S/C22H23N3O/c1-2-8-20(9-3-1)26-21-10-6-7-19(17-21)18-24-13-15-25(16-14-24)22-11-4-5-12-23-22/h1-12,17H,13-16,18H2/p+2. The molecule has 0 unspecified atom stereocenters. The molecule has 0 radical (unpaired) electrons. The molecule has 0 amide bonds. The van der Waals surface area contributed by atoms with Gasteiger partial charge in [0, 0.05) is 11.6 Å². The second kappa shape index (κ2) is 8.02. The molecule has 0 saturated carbocycles. The van der Waals surface area contributed by atoms with E-state index in [0.717, 1.165) is 44.2 Å². The summed E-state index contributed by atoms with van der Waals surface area (Å²) in [5.74, 6) is 3.00. The lowest BCUT2D eigenvalue weighted by molar-refractivity contribution is -0.914. The van der Waals surface area contributed by atoms with E-state index in [1.54, 1.807) is 4.90 Å². The summed E-state index contributed by atoms with van der Waals surface area (Å²) < 4.78 is 5.96. The molecule has 0 bridgehead atoms. The van der Waals surface area contributed by atoms with Crippen molar-refractivity contribution < 1.29 is 14.6 Å². The van der Waals surface area contributed by atoms with Crippen LogP contribution in [0.25, 0.3) is 0 Å². The van der Waals surface area contributed by atoms with Crippen molar-refractivity contribution in [1.29, 1.82) is 0 Å². The molecule has 1 aromatic heterocycles. The van der Waals surface area contributed by atoms with Crippen LogP contribution in [0.5, 0.6) is 11.5 Å². The summed E-state index contributed by atoms with van der Waals surface area (Å²) in [6.07, 6.45) is 1.99. The van der Waals surface area contributed by atoms with Gasteiger partial charge in [0.1, 0.15) is 44.2 Å². The minimum Gasteiger partial charge on any atom is -0.457 e. The summed E-state index contributed by atoms with van der Waals surface area (Å²) >= 11 is 0. The number of piperazine rings is 1. The molecule has 0 spiro atoms. The maximum Gasteiger partial charge on any atom is 0.274 e. The zero-order chi connectivity index (χ0) is 17.6. The minimum absolute atomic E-state index is 0.879. The van der Waals surface area contributed by atoms with Gasteiger partial charge in [0.05, 0.1) is 6.20 Å². The van der Waals surface area contributed by atoms with Gasteiger partial charge in [0.15, 0.2) is 0 Å². The van der Waals surface area contributed by atoms with Gasteiger partial charge in [-0.2, -0.15) is 0 Å². The Labute approximate surface area is 154 Å². The summed E-state index contributed by atoms with van der Waals surface area (Å²) in [6.45, 7) is 5.49. The first-order chi connectivity index (χ1) is 12.9. The number of ether oxygens (including phenoxy) is 1. The summed E-state index contributed by atoms with van der Waals surface area (Å²) in [4.78, 5) is 7.38. The second-order valence-corrected chi connectivity index (χ2v) is 6.72. The maximum atomic E-state index is 5.96. The molecule has 2 N–H and O–H groups in total. The van der Waals surface area contributed by atoms with Gasteiger partial charge in [-0.3, -0.25) is 4.90 Å². The first-order valence-corrected chi connectivity index (χ1v) is 9.24. The van der Waals surface area contributed by atoms with E-state index in [1.165, 1.54) is 11.4 Å². The van der Waals surface area contributed by atoms with Gasteiger partial charge in [-0.1, -0.05) is 36.4 Å². The fraction of sp³-hybridized carbons (Fsp3) is 0.227. The smallest absolute Gasteiger partial charge is 0.274 e. The van der Waals surface area contributed by atoms with Gasteiger partial charge in [0.2, 0.25) is 0 Å². The largest absolute Gasteiger partial charge is 0.457 e. The molecule has 1 saturated heterocycles. The van der Waals surface area contributed by atoms with Crippen molar-refractivity contribution in [1.82, 2.24) is 0 Å². The predicted octanol–water partition coefficient (Wildman–Crippen LogP) is 2.20. The Bertz CT molecular complexity index is 815. The first-order valence-electron chi connectivity index (χ1n) is 9.24. The molecule has 0 atom stereocenters. The monoisotopic (exact) mass is 347 g/mol. The van der Waals surface area contributed by atoms with Crippen molar-refractivity contribution in [2.75, 3.05) is 31.1 Å². The van der Waals surface area contributed by atoms with Crippen LogP contribution in [0.1, 0.15) is 5.56 Å². The third kappa shape index (κ3) is 4.21. The van der Waals surface area contributed by atoms with Crippen LogP contribution in [-0.4, -0.2) is 26.2 Å². The van der Waals surface area contributed by atoms with Crippen LogP contribution in [0, 0.1) is 0 Å². The number of hydrogen-bond acceptors (Lipinski definition) is 2. The molecule has 0 aliphatic carbocycles. The Morgan fingerprint density at radius 1 is 0.846 bits per heavy atom. The molecule has 4 rings (SSSR count). The second-order valence-electron chi connectivity index (χ2n) is 6.72. The summed E-state index contributed by atoms with van der Waals surface area (Å²) in [5.41, 5.74) is 1.33. The lowest BCUT2D eigenvalue weighted by Gasteiger charge is -2.28. The SMILES string of the molecule is c1ccc(Oc2cccc(C[NH+]3CCN(c4cccc[nH+]4)CC3)c2)cc1. The molecule has 1 fully saturated rings. The number of quaternary nitrogens is 1. The van der Waals surface area contributed by atoms with E-state index < -0.39 is 0 Å². The van der Waals surface area contributed by atoms with Crippen molar-refractivity contribution in [3.63, 3.8) is 0 Å². The van der Waals surface area contributed by atoms with E-state index in [1.807, 2.05) is 48.7 Å². The average Bonchev–Trinajstić information content (AvgIpc) is 2.70. The number of hydrogen-bond donors (Lipinski definition) is 1. The third-order valence-electron chi connectivity index (χ3n) is 4.84. The zero-order valence-corrected chi connectivity index (χ0v) is 14.9. The summed E-state index contributed by atoms with van der Waals surface area (Å²) in [7, 11) is 0. The van der Waals surface area contributed by atoms with E-state index in [2.05, 4.69) is 40.2 Å². The number of anilines is 1. The molecule has 1 aliphatic heterocycles. The van der Waals surface area contributed by atoms with Gasteiger partial charge in [0.25, 0.3) is 5.82 Å². The number of para-hydroxylation sites is 1. The molecule has 1 aliphatic rings. The highest BCUT2D eigenvalue weighted by atomic mass is 16.5. The highest BCUT2D eigenvalue weighted by Gasteiger charge is 2.25. The van der Waals surface area contributed by atoms with E-state index in [-0.39, 0.29) is 0 Å². The summed E-state index contributed by atoms with van der Waals surface area (Å²) in [5, 5.41) is 0. The van der Waals surface area contributed by atoms with Crippen LogP contribution in [-0.2, 0) is 6.54 Å². The number of pyridine rings is 1. The van der Waals surface area contributed by atoms with Crippen molar-refractivity contribution >= 4 is 5.82 Å². The Balaban J connectivity index is 1.34. The van der Waals surface area contributed by atoms with Gasteiger partial charge >= 0.3 is 0 Å². The van der Waals surface area contributed by atoms with Crippen molar-refractivity contribution in [3.05, 3.63) is 84.6 Å². The highest BCUT2D eigenvalue weighted by molar-refractivity contribution is 5.34. The minimum atomic E-state index is 0.879. The van der Waals surface area contributed by atoms with Crippen LogP contribution >= 0.6 is 0 Å². The van der Waals surface area contributed by atoms with E-state index in [9.17, 15) is 0 Å². The fourth-order valence-electron chi connectivity index (χ4n) is 3.45.